The van der Waals surface area contributed by atoms with Crippen LogP contribution in [0.1, 0.15) is 18.5 Å². The van der Waals surface area contributed by atoms with Crippen LogP contribution in [0.25, 0.3) is 5.65 Å². The molecule has 5 rings (SSSR count). The Kier molecular flexibility index (Phi) is 5.67. The normalized spacial score (nSPS) is 22.6. The minimum Gasteiger partial charge on any atom is -0.483 e. The van der Waals surface area contributed by atoms with Gasteiger partial charge in [-0.1, -0.05) is 0 Å². The Morgan fingerprint density at radius 3 is 2.54 bits per heavy atom. The molecule has 1 unspecified atom stereocenters. The van der Waals surface area contributed by atoms with Gasteiger partial charge in [0.15, 0.2) is 23.8 Å². The maximum Gasteiger partial charge on any atom is 0.456 e. The monoisotopic (exact) mass is 500 g/mol. The Bertz CT molecular complexity index is 1220. The van der Waals surface area contributed by atoms with E-state index in [1.807, 2.05) is 11.8 Å². The second-order valence-corrected chi connectivity index (χ2v) is 9.02. The summed E-state index contributed by atoms with van der Waals surface area (Å²) < 4.78 is 84.4. The molecule has 1 saturated heterocycles. The fraction of sp³-hybridized carbons (Fsp3) is 0.500. The number of halogens is 6. The number of hydrogen-bond donors (Lipinski definition) is 1. The molecule has 0 aromatic carbocycles. The molecule has 3 aromatic heterocycles. The second kappa shape index (κ2) is 8.45. The van der Waals surface area contributed by atoms with Gasteiger partial charge in [-0.15, -0.1) is 5.10 Å². The maximum absolute atomic E-state index is 14.4. The number of pyridine rings is 2. The van der Waals surface area contributed by atoms with Gasteiger partial charge in [-0.05, 0) is 49.8 Å². The van der Waals surface area contributed by atoms with E-state index in [1.54, 1.807) is 6.07 Å². The molecule has 3 atom stereocenters. The Labute approximate surface area is 196 Å². The Balaban J connectivity index is 1.31. The third-order valence-electron chi connectivity index (χ3n) is 6.59. The summed E-state index contributed by atoms with van der Waals surface area (Å²) in [5.41, 5.74) is 1.28. The van der Waals surface area contributed by atoms with Gasteiger partial charge in [0.05, 0.1) is 11.9 Å². The average Bonchev–Trinajstić information content (AvgIpc) is 3.29. The summed E-state index contributed by atoms with van der Waals surface area (Å²) >= 11 is 0. The van der Waals surface area contributed by atoms with Crippen LogP contribution in [-0.4, -0.2) is 57.4 Å². The van der Waals surface area contributed by atoms with Crippen molar-refractivity contribution in [3.8, 4) is 5.75 Å². The third-order valence-corrected chi connectivity index (χ3v) is 6.59. The number of nitrogens with one attached hydrogen (secondary N) is 1. The van der Waals surface area contributed by atoms with Crippen LogP contribution < -0.4 is 15.0 Å². The van der Waals surface area contributed by atoms with Crippen molar-refractivity contribution in [1.29, 1.82) is 0 Å². The Morgan fingerprint density at radius 2 is 1.86 bits per heavy atom. The van der Waals surface area contributed by atoms with E-state index in [0.717, 1.165) is 18.5 Å². The molecular weight excluding hydrogens is 478 g/mol. The number of alkyl halides is 5. The van der Waals surface area contributed by atoms with Crippen molar-refractivity contribution in [2.24, 2.45) is 11.8 Å². The first-order valence-corrected chi connectivity index (χ1v) is 11.1. The van der Waals surface area contributed by atoms with E-state index in [4.69, 9.17) is 4.74 Å². The van der Waals surface area contributed by atoms with Gasteiger partial charge in [0.25, 0.3) is 0 Å². The minimum absolute atomic E-state index is 0.00795. The van der Waals surface area contributed by atoms with Crippen molar-refractivity contribution in [1.82, 2.24) is 19.6 Å². The predicted molar refractivity (Wildman–Crippen MR) is 114 cm³/mol. The number of rotatable bonds is 6. The first kappa shape index (κ1) is 23.5. The topological polar surface area (TPSA) is 67.6 Å². The molecule has 1 aliphatic carbocycles. The largest absolute Gasteiger partial charge is 0.483 e. The molecule has 1 saturated carbocycles. The van der Waals surface area contributed by atoms with E-state index < -0.39 is 18.7 Å². The Hall–Kier alpha value is -3.25. The third kappa shape index (κ3) is 4.43. The van der Waals surface area contributed by atoms with E-state index >= 15 is 0 Å². The van der Waals surface area contributed by atoms with Crippen molar-refractivity contribution in [2.45, 2.75) is 37.9 Å². The van der Waals surface area contributed by atoms with Crippen molar-refractivity contribution in [3.63, 3.8) is 0 Å². The lowest BCUT2D eigenvalue weighted by Gasteiger charge is -2.39. The van der Waals surface area contributed by atoms with Gasteiger partial charge in [0, 0.05) is 31.0 Å². The van der Waals surface area contributed by atoms with Crippen LogP contribution in [0.2, 0.25) is 0 Å². The quantitative estimate of drug-likeness (QED) is 0.504. The molecule has 188 valence electrons. The van der Waals surface area contributed by atoms with Crippen LogP contribution in [0.4, 0.5) is 38.0 Å². The summed E-state index contributed by atoms with van der Waals surface area (Å²) in [5, 5.41) is 7.58. The maximum atomic E-state index is 14.4. The van der Waals surface area contributed by atoms with Crippen LogP contribution in [0.3, 0.4) is 0 Å². The lowest BCUT2D eigenvalue weighted by molar-refractivity contribution is -0.289. The Morgan fingerprint density at radius 1 is 1.14 bits per heavy atom. The molecule has 1 aliphatic heterocycles. The number of aromatic nitrogens is 4. The molecule has 0 amide bonds. The number of fused-ring (bicyclic) bond motifs is 3. The highest BCUT2D eigenvalue weighted by molar-refractivity contribution is 5.56. The van der Waals surface area contributed by atoms with Gasteiger partial charge >= 0.3 is 12.1 Å². The molecule has 3 aromatic rings. The second-order valence-electron chi connectivity index (χ2n) is 9.02. The highest BCUT2D eigenvalue weighted by Crippen LogP contribution is 2.41. The van der Waals surface area contributed by atoms with Gasteiger partial charge < -0.3 is 15.0 Å². The summed E-state index contributed by atoms with van der Waals surface area (Å²) in [6.07, 6.45) is -1.14. The van der Waals surface area contributed by atoms with E-state index in [2.05, 4.69) is 20.4 Å². The summed E-state index contributed by atoms with van der Waals surface area (Å²) in [6, 6.07) is 4.41. The molecule has 4 heterocycles. The summed E-state index contributed by atoms with van der Waals surface area (Å²) in [4.78, 5) is 10.3. The molecule has 2 bridgehead atoms. The molecule has 2 aliphatic rings. The highest BCUT2D eigenvalue weighted by Gasteiger charge is 2.58. The minimum atomic E-state index is -5.72. The molecule has 0 spiro atoms. The molecule has 2 fully saturated rings. The van der Waals surface area contributed by atoms with Gasteiger partial charge in [-0.25, -0.2) is 8.91 Å². The van der Waals surface area contributed by atoms with Crippen molar-refractivity contribution < 1.29 is 31.1 Å². The first-order valence-electron chi connectivity index (χ1n) is 11.1. The van der Waals surface area contributed by atoms with Crippen molar-refractivity contribution >= 4 is 17.3 Å². The average molecular weight is 500 g/mol. The smallest absolute Gasteiger partial charge is 0.456 e. The molecular formula is C22H22F6N6O. The van der Waals surface area contributed by atoms with Crippen LogP contribution in [0, 0.1) is 24.6 Å². The summed E-state index contributed by atoms with van der Waals surface area (Å²) in [5.74, 6) is -5.01. The van der Waals surface area contributed by atoms with E-state index in [0.29, 0.717) is 18.8 Å². The fourth-order valence-corrected chi connectivity index (χ4v) is 4.88. The van der Waals surface area contributed by atoms with Gasteiger partial charge in [0.1, 0.15) is 0 Å². The van der Waals surface area contributed by atoms with Gasteiger partial charge in [0.2, 0.25) is 5.95 Å². The molecule has 7 nitrogen and oxygen atoms in total. The number of piperidine rings is 1. The highest BCUT2D eigenvalue weighted by atomic mass is 19.4. The molecule has 0 radical (unpaired) electrons. The lowest BCUT2D eigenvalue weighted by Crippen LogP contribution is -2.48. The van der Waals surface area contributed by atoms with E-state index in [-0.39, 0.29) is 41.0 Å². The van der Waals surface area contributed by atoms with Crippen LogP contribution in [0.5, 0.6) is 5.75 Å². The number of nitrogens with zero attached hydrogens (tertiary/aromatic N) is 5. The number of ether oxygens (including phenoxy) is 1. The lowest BCUT2D eigenvalue weighted by atomic mass is 9.92. The number of aryl methyl sites for hydroxylation is 1. The first-order chi connectivity index (χ1) is 16.5. The van der Waals surface area contributed by atoms with Crippen LogP contribution in [-0.2, 0) is 0 Å². The zero-order valence-corrected chi connectivity index (χ0v) is 18.6. The standard InChI is InChI=1S/C22H22F6N6O/c1-12-7-16(15(23)8-29-12)33-9-13-4-5-14(10-33)18(13)30-20-31-19-17(3-2-6-34(19)32-20)35-11-21(24,25)22(26,27)28/h2-3,6-8,13-14,18H,4-5,9-11H2,1H3,(H,30,32)/t13-,14+,18?. The molecule has 35 heavy (non-hydrogen) atoms. The predicted octanol–water partition coefficient (Wildman–Crippen LogP) is 4.48. The van der Waals surface area contributed by atoms with Crippen LogP contribution in [0.15, 0.2) is 30.6 Å². The summed E-state index contributed by atoms with van der Waals surface area (Å²) in [6.45, 7) is 1.20. The zero-order valence-electron chi connectivity index (χ0n) is 18.6. The van der Waals surface area contributed by atoms with Gasteiger partial charge in [-0.3, -0.25) is 4.98 Å². The SMILES string of the molecule is Cc1cc(N2C[C@H]3CC[C@@H](C2)C3Nc2nc3c(OCC(F)(F)C(F)(F)F)cccn3n2)c(F)cn1. The summed E-state index contributed by atoms with van der Waals surface area (Å²) in [7, 11) is 0. The fourth-order valence-electron chi connectivity index (χ4n) is 4.88. The van der Waals surface area contributed by atoms with Crippen LogP contribution >= 0.6 is 0 Å². The molecule has 13 heteroatoms. The van der Waals surface area contributed by atoms with Crippen molar-refractivity contribution in [2.75, 3.05) is 29.9 Å². The number of anilines is 2. The van der Waals surface area contributed by atoms with E-state index in [9.17, 15) is 26.3 Å². The zero-order chi connectivity index (χ0) is 25.0. The van der Waals surface area contributed by atoms with E-state index in [1.165, 1.54) is 29.0 Å². The van der Waals surface area contributed by atoms with Gasteiger partial charge in [-0.2, -0.15) is 26.9 Å². The molecule has 1 N–H and O–H groups in total. The number of hydrogen-bond acceptors (Lipinski definition) is 6. The van der Waals surface area contributed by atoms with Crippen molar-refractivity contribution in [3.05, 3.63) is 42.1 Å².